The molecule has 1 aliphatic heterocycles. The molecule has 6 nitrogen and oxygen atoms in total. The first-order valence-electron chi connectivity index (χ1n) is 7.70. The molecule has 1 amide bonds. The van der Waals surface area contributed by atoms with Crippen molar-refractivity contribution in [1.82, 2.24) is 20.2 Å². The molecule has 4 rings (SSSR count). The summed E-state index contributed by atoms with van der Waals surface area (Å²) >= 11 is 1.40. The van der Waals surface area contributed by atoms with Gasteiger partial charge >= 0.3 is 0 Å². The number of para-hydroxylation sites is 2. The van der Waals surface area contributed by atoms with Gasteiger partial charge in [-0.2, -0.15) is 4.68 Å². The van der Waals surface area contributed by atoms with Gasteiger partial charge in [-0.3, -0.25) is 4.79 Å². The fourth-order valence-corrected chi connectivity index (χ4v) is 3.70. The van der Waals surface area contributed by atoms with Crippen molar-refractivity contribution < 1.29 is 4.79 Å². The molecule has 0 spiro atoms. The van der Waals surface area contributed by atoms with Crippen LogP contribution in [-0.2, 0) is 11.2 Å². The quantitative estimate of drug-likeness (QED) is 0.795. The second-order valence-corrected chi connectivity index (χ2v) is 6.67. The average Bonchev–Trinajstić information content (AvgIpc) is 3.02. The first-order valence-corrected chi connectivity index (χ1v) is 8.58. The maximum Gasteiger partial charge on any atom is 0.237 e. The predicted molar refractivity (Wildman–Crippen MR) is 92.2 cm³/mol. The summed E-state index contributed by atoms with van der Waals surface area (Å²) in [6, 6.07) is 17.6. The van der Waals surface area contributed by atoms with Crippen molar-refractivity contribution in [2.45, 2.75) is 23.2 Å². The number of aryl methyl sites for hydroxylation is 1. The predicted octanol–water partition coefficient (Wildman–Crippen LogP) is 2.71. The van der Waals surface area contributed by atoms with Crippen molar-refractivity contribution in [3.05, 3.63) is 60.2 Å². The Labute approximate surface area is 143 Å². The summed E-state index contributed by atoms with van der Waals surface area (Å²) in [5.74, 6) is -0.00689. The van der Waals surface area contributed by atoms with E-state index < -0.39 is 0 Å². The van der Waals surface area contributed by atoms with Gasteiger partial charge < -0.3 is 5.32 Å². The van der Waals surface area contributed by atoms with Gasteiger partial charge in [-0.05, 0) is 47.0 Å². The molecule has 1 N–H and O–H groups in total. The Morgan fingerprint density at radius 1 is 1.08 bits per heavy atom. The van der Waals surface area contributed by atoms with E-state index in [2.05, 4.69) is 26.9 Å². The fourth-order valence-electron chi connectivity index (χ4n) is 2.71. The number of carbonyl (C=O) groups excluding carboxylic acids is 1. The van der Waals surface area contributed by atoms with Crippen LogP contribution < -0.4 is 5.32 Å². The van der Waals surface area contributed by atoms with Crippen LogP contribution in [0.15, 0.2) is 59.8 Å². The van der Waals surface area contributed by atoms with E-state index in [1.165, 1.54) is 11.8 Å². The molecule has 2 heterocycles. The number of fused-ring (bicyclic) bond motifs is 1. The third-order valence-electron chi connectivity index (χ3n) is 3.93. The van der Waals surface area contributed by atoms with Crippen LogP contribution in [0, 0.1) is 0 Å². The number of nitrogens with zero attached hydrogens (tertiary/aromatic N) is 4. The molecule has 0 saturated heterocycles. The fraction of sp³-hybridized carbons (Fsp3) is 0.176. The molecule has 0 bridgehead atoms. The number of rotatable bonds is 3. The second-order valence-electron chi connectivity index (χ2n) is 5.50. The molecule has 0 fully saturated rings. The van der Waals surface area contributed by atoms with Crippen LogP contribution in [0.2, 0.25) is 0 Å². The summed E-state index contributed by atoms with van der Waals surface area (Å²) < 4.78 is 1.66. The summed E-state index contributed by atoms with van der Waals surface area (Å²) in [4.78, 5) is 12.5. The summed E-state index contributed by atoms with van der Waals surface area (Å²) in [7, 11) is 0. The van der Waals surface area contributed by atoms with Gasteiger partial charge in [0.2, 0.25) is 11.1 Å². The minimum Gasteiger partial charge on any atom is -0.325 e. The van der Waals surface area contributed by atoms with Crippen molar-refractivity contribution in [2.75, 3.05) is 5.32 Å². The van der Waals surface area contributed by atoms with E-state index in [9.17, 15) is 4.79 Å². The lowest BCUT2D eigenvalue weighted by molar-refractivity contribution is -0.115. The highest BCUT2D eigenvalue weighted by atomic mass is 32.2. The summed E-state index contributed by atoms with van der Waals surface area (Å²) in [5.41, 5.74) is 2.94. The van der Waals surface area contributed by atoms with Crippen LogP contribution in [0.3, 0.4) is 0 Å². The lowest BCUT2D eigenvalue weighted by atomic mass is 10.1. The maximum absolute atomic E-state index is 12.5. The van der Waals surface area contributed by atoms with Gasteiger partial charge in [0.15, 0.2) is 0 Å². The Kier molecular flexibility index (Phi) is 4.00. The van der Waals surface area contributed by atoms with E-state index in [0.717, 1.165) is 29.8 Å². The minimum absolute atomic E-state index is 0.00689. The normalized spacial score (nSPS) is 17.0. The van der Waals surface area contributed by atoms with Crippen LogP contribution in [0.5, 0.6) is 0 Å². The third-order valence-corrected chi connectivity index (χ3v) is 5.13. The van der Waals surface area contributed by atoms with Crippen LogP contribution in [0.1, 0.15) is 12.0 Å². The molecule has 1 aromatic heterocycles. The highest BCUT2D eigenvalue weighted by Crippen LogP contribution is 2.31. The zero-order chi connectivity index (χ0) is 16.4. The molecule has 24 heavy (non-hydrogen) atoms. The number of anilines is 1. The number of aromatic nitrogens is 4. The number of tetrazole rings is 1. The molecular formula is C17H15N5OS. The van der Waals surface area contributed by atoms with Crippen LogP contribution in [0.4, 0.5) is 5.69 Å². The summed E-state index contributed by atoms with van der Waals surface area (Å²) in [6.45, 7) is 0. The Morgan fingerprint density at radius 2 is 1.88 bits per heavy atom. The molecule has 3 aromatic rings. The zero-order valence-corrected chi connectivity index (χ0v) is 13.6. The van der Waals surface area contributed by atoms with E-state index in [1.807, 2.05) is 48.5 Å². The molecule has 0 radical (unpaired) electrons. The first kappa shape index (κ1) is 14.9. The highest BCUT2D eigenvalue weighted by molar-refractivity contribution is 8.00. The topological polar surface area (TPSA) is 72.7 Å². The Bertz CT molecular complexity index is 864. The largest absolute Gasteiger partial charge is 0.325 e. The molecule has 0 aliphatic carbocycles. The Morgan fingerprint density at radius 3 is 2.75 bits per heavy atom. The molecule has 1 atom stereocenters. The van der Waals surface area contributed by atoms with E-state index in [4.69, 9.17) is 0 Å². The SMILES string of the molecule is O=C1Nc2ccccc2CC[C@@H]1Sc1nnnn1-c1ccccc1. The standard InChI is InChI=1S/C17H15N5OS/c23-16-15(11-10-12-6-4-5-9-14(12)18-16)24-17-19-20-21-22(17)13-7-2-1-3-8-13/h1-9,15H,10-11H2,(H,18,23)/t15-/m0/s1. The van der Waals surface area contributed by atoms with Gasteiger partial charge in [0, 0.05) is 5.69 Å². The number of hydrogen-bond acceptors (Lipinski definition) is 5. The molecule has 0 unspecified atom stereocenters. The lowest BCUT2D eigenvalue weighted by Crippen LogP contribution is -2.24. The number of benzene rings is 2. The van der Waals surface area contributed by atoms with Crippen molar-refractivity contribution in [1.29, 1.82) is 0 Å². The van der Waals surface area contributed by atoms with Gasteiger partial charge in [0.1, 0.15) is 0 Å². The van der Waals surface area contributed by atoms with Crippen LogP contribution in [0.25, 0.3) is 5.69 Å². The molecule has 2 aromatic carbocycles. The zero-order valence-electron chi connectivity index (χ0n) is 12.8. The van der Waals surface area contributed by atoms with E-state index in [0.29, 0.717) is 5.16 Å². The van der Waals surface area contributed by atoms with Crippen LogP contribution in [-0.4, -0.2) is 31.4 Å². The third kappa shape index (κ3) is 2.90. The monoisotopic (exact) mass is 337 g/mol. The molecule has 120 valence electrons. The number of hydrogen-bond donors (Lipinski definition) is 1. The molecule has 1 aliphatic rings. The van der Waals surface area contributed by atoms with E-state index in [1.54, 1.807) is 4.68 Å². The van der Waals surface area contributed by atoms with E-state index in [-0.39, 0.29) is 11.2 Å². The maximum atomic E-state index is 12.5. The summed E-state index contributed by atoms with van der Waals surface area (Å²) in [5, 5.41) is 15.3. The van der Waals surface area contributed by atoms with Gasteiger partial charge in [-0.15, -0.1) is 5.10 Å². The molecule has 7 heteroatoms. The molecular weight excluding hydrogens is 322 g/mol. The van der Waals surface area contributed by atoms with Crippen molar-refractivity contribution in [3.8, 4) is 5.69 Å². The van der Waals surface area contributed by atoms with Gasteiger partial charge in [0.05, 0.1) is 10.9 Å². The average molecular weight is 337 g/mol. The van der Waals surface area contributed by atoms with Gasteiger partial charge in [-0.1, -0.05) is 48.2 Å². The Hall–Kier alpha value is -2.67. The van der Waals surface area contributed by atoms with Crippen molar-refractivity contribution >= 4 is 23.4 Å². The molecule has 0 saturated carbocycles. The number of amides is 1. The number of carbonyl (C=O) groups is 1. The Balaban J connectivity index is 1.57. The summed E-state index contributed by atoms with van der Waals surface area (Å²) in [6.07, 6.45) is 1.59. The highest BCUT2D eigenvalue weighted by Gasteiger charge is 2.26. The smallest absolute Gasteiger partial charge is 0.237 e. The number of nitrogens with one attached hydrogen (secondary N) is 1. The first-order chi connectivity index (χ1) is 11.8. The van der Waals surface area contributed by atoms with Crippen molar-refractivity contribution in [2.24, 2.45) is 0 Å². The van der Waals surface area contributed by atoms with E-state index >= 15 is 0 Å². The second kappa shape index (κ2) is 6.45. The van der Waals surface area contributed by atoms with Gasteiger partial charge in [-0.25, -0.2) is 0 Å². The van der Waals surface area contributed by atoms with Crippen LogP contribution >= 0.6 is 11.8 Å². The minimum atomic E-state index is -0.231. The van der Waals surface area contributed by atoms with Gasteiger partial charge in [0.25, 0.3) is 0 Å². The van der Waals surface area contributed by atoms with Crippen molar-refractivity contribution in [3.63, 3.8) is 0 Å². The number of thioether (sulfide) groups is 1. The lowest BCUT2D eigenvalue weighted by Gasteiger charge is -2.12.